The van der Waals surface area contributed by atoms with Crippen molar-refractivity contribution in [2.75, 3.05) is 23.8 Å². The Morgan fingerprint density at radius 1 is 1.40 bits per heavy atom. The molecule has 0 aliphatic carbocycles. The van der Waals surface area contributed by atoms with E-state index in [1.54, 1.807) is 12.6 Å². The van der Waals surface area contributed by atoms with Gasteiger partial charge in [-0.25, -0.2) is 9.97 Å². The van der Waals surface area contributed by atoms with Crippen LogP contribution in [-0.4, -0.2) is 23.6 Å². The van der Waals surface area contributed by atoms with Gasteiger partial charge in [0.05, 0.1) is 6.26 Å². The average Bonchev–Trinajstić information content (AvgIpc) is 2.83. The first-order valence-corrected chi connectivity index (χ1v) is 7.41. The molecule has 108 valence electrons. The van der Waals surface area contributed by atoms with Gasteiger partial charge in [0, 0.05) is 25.7 Å². The zero-order chi connectivity index (χ0) is 14.5. The number of nitrogens with one attached hydrogen (secondary N) is 1. The smallest absolute Gasteiger partial charge is 0.148 e. The van der Waals surface area contributed by atoms with Crippen LogP contribution in [0, 0.1) is 6.92 Å². The molecule has 2 aromatic rings. The molecular weight excluding hydrogens is 320 g/mol. The summed E-state index contributed by atoms with van der Waals surface area (Å²) in [7, 11) is 2.00. The SMILES string of the molecule is CCCNc1ncnc(N(C)Cc2ccoc2C)c1Br. The number of nitrogens with zero attached hydrogens (tertiary/aromatic N) is 3. The summed E-state index contributed by atoms with van der Waals surface area (Å²) in [5.41, 5.74) is 1.15. The topological polar surface area (TPSA) is 54.2 Å². The Kier molecular flexibility index (Phi) is 5.00. The van der Waals surface area contributed by atoms with Crippen molar-refractivity contribution >= 4 is 27.6 Å². The summed E-state index contributed by atoms with van der Waals surface area (Å²) in [6.45, 7) is 5.72. The van der Waals surface area contributed by atoms with Crippen LogP contribution < -0.4 is 10.2 Å². The third kappa shape index (κ3) is 3.30. The van der Waals surface area contributed by atoms with Crippen molar-refractivity contribution < 1.29 is 4.42 Å². The van der Waals surface area contributed by atoms with Crippen LogP contribution >= 0.6 is 15.9 Å². The van der Waals surface area contributed by atoms with Crippen molar-refractivity contribution in [3.05, 3.63) is 34.5 Å². The van der Waals surface area contributed by atoms with E-state index in [1.807, 2.05) is 20.0 Å². The quantitative estimate of drug-likeness (QED) is 0.871. The lowest BCUT2D eigenvalue weighted by Crippen LogP contribution is -2.19. The maximum absolute atomic E-state index is 5.32. The van der Waals surface area contributed by atoms with E-state index in [2.05, 4.69) is 43.0 Å². The Morgan fingerprint density at radius 3 is 2.85 bits per heavy atom. The minimum absolute atomic E-state index is 0.741. The van der Waals surface area contributed by atoms with Crippen LogP contribution in [0.4, 0.5) is 11.6 Å². The number of aromatic nitrogens is 2. The molecular formula is C14H19BrN4O. The monoisotopic (exact) mass is 338 g/mol. The largest absolute Gasteiger partial charge is 0.469 e. The normalized spacial score (nSPS) is 10.6. The number of aryl methyl sites for hydroxylation is 1. The molecule has 0 fully saturated rings. The second-order valence-electron chi connectivity index (χ2n) is 4.64. The number of hydrogen-bond donors (Lipinski definition) is 1. The average molecular weight is 339 g/mol. The predicted octanol–water partition coefficient (Wildman–Crippen LogP) is 3.60. The molecule has 1 N–H and O–H groups in total. The molecule has 0 aromatic carbocycles. The molecule has 0 bridgehead atoms. The van der Waals surface area contributed by atoms with Gasteiger partial charge in [0.1, 0.15) is 28.2 Å². The van der Waals surface area contributed by atoms with Gasteiger partial charge < -0.3 is 14.6 Å². The van der Waals surface area contributed by atoms with Crippen molar-refractivity contribution in [3.63, 3.8) is 0 Å². The van der Waals surface area contributed by atoms with Crippen LogP contribution in [-0.2, 0) is 6.54 Å². The molecule has 6 heteroatoms. The van der Waals surface area contributed by atoms with Gasteiger partial charge in [0.25, 0.3) is 0 Å². The van der Waals surface area contributed by atoms with Crippen LogP contribution in [0.15, 0.2) is 27.5 Å². The maximum Gasteiger partial charge on any atom is 0.148 e. The molecule has 20 heavy (non-hydrogen) atoms. The number of furan rings is 1. The summed E-state index contributed by atoms with van der Waals surface area (Å²) in [6.07, 6.45) is 4.34. The fourth-order valence-corrected chi connectivity index (χ4v) is 2.55. The summed E-state index contributed by atoms with van der Waals surface area (Å²) >= 11 is 3.58. The van der Waals surface area contributed by atoms with E-state index in [9.17, 15) is 0 Å². The summed E-state index contributed by atoms with van der Waals surface area (Å²) in [4.78, 5) is 10.7. The highest BCUT2D eigenvalue weighted by Gasteiger charge is 2.14. The van der Waals surface area contributed by atoms with Crippen molar-refractivity contribution in [2.45, 2.75) is 26.8 Å². The first-order valence-electron chi connectivity index (χ1n) is 6.62. The van der Waals surface area contributed by atoms with Gasteiger partial charge in [0.15, 0.2) is 0 Å². The molecule has 0 spiro atoms. The van der Waals surface area contributed by atoms with Crippen molar-refractivity contribution in [3.8, 4) is 0 Å². The Balaban J connectivity index is 2.17. The zero-order valence-electron chi connectivity index (χ0n) is 12.0. The molecule has 0 unspecified atom stereocenters. The van der Waals surface area contributed by atoms with Crippen LogP contribution in [0.25, 0.3) is 0 Å². The van der Waals surface area contributed by atoms with Crippen LogP contribution in [0.1, 0.15) is 24.7 Å². The van der Waals surface area contributed by atoms with Gasteiger partial charge in [-0.2, -0.15) is 0 Å². The maximum atomic E-state index is 5.32. The van der Waals surface area contributed by atoms with Gasteiger partial charge in [0.2, 0.25) is 0 Å². The van der Waals surface area contributed by atoms with Gasteiger partial charge in [-0.3, -0.25) is 0 Å². The summed E-state index contributed by atoms with van der Waals surface area (Å²) in [5.74, 6) is 2.62. The van der Waals surface area contributed by atoms with E-state index in [-0.39, 0.29) is 0 Å². The van der Waals surface area contributed by atoms with Gasteiger partial charge in [-0.1, -0.05) is 6.92 Å². The Labute approximate surface area is 127 Å². The minimum atomic E-state index is 0.741. The third-order valence-electron chi connectivity index (χ3n) is 3.05. The molecule has 2 heterocycles. The van der Waals surface area contributed by atoms with Gasteiger partial charge in [-0.15, -0.1) is 0 Å². The molecule has 0 aliphatic heterocycles. The highest BCUT2D eigenvalue weighted by molar-refractivity contribution is 9.10. The highest BCUT2D eigenvalue weighted by atomic mass is 79.9. The second-order valence-corrected chi connectivity index (χ2v) is 5.44. The number of anilines is 2. The summed E-state index contributed by atoms with van der Waals surface area (Å²) in [5, 5.41) is 3.28. The van der Waals surface area contributed by atoms with Gasteiger partial charge in [-0.05, 0) is 35.3 Å². The first kappa shape index (κ1) is 14.8. The molecule has 0 aliphatic rings. The molecule has 0 atom stereocenters. The summed E-state index contributed by atoms with van der Waals surface area (Å²) < 4.78 is 6.21. The number of halogens is 1. The van der Waals surface area contributed by atoms with Crippen molar-refractivity contribution in [1.29, 1.82) is 0 Å². The van der Waals surface area contributed by atoms with Crippen LogP contribution in [0.2, 0.25) is 0 Å². The Morgan fingerprint density at radius 2 is 2.20 bits per heavy atom. The van der Waals surface area contributed by atoms with Crippen molar-refractivity contribution in [2.24, 2.45) is 0 Å². The molecule has 2 rings (SSSR count). The van der Waals surface area contributed by atoms with Crippen molar-refractivity contribution in [1.82, 2.24) is 9.97 Å². The fourth-order valence-electron chi connectivity index (χ4n) is 1.90. The lowest BCUT2D eigenvalue weighted by atomic mass is 10.2. The molecule has 5 nitrogen and oxygen atoms in total. The number of hydrogen-bond acceptors (Lipinski definition) is 5. The van der Waals surface area contributed by atoms with Crippen LogP contribution in [0.3, 0.4) is 0 Å². The third-order valence-corrected chi connectivity index (χ3v) is 3.78. The molecule has 0 radical (unpaired) electrons. The lowest BCUT2D eigenvalue weighted by Gasteiger charge is -2.20. The molecule has 0 amide bonds. The Hall–Kier alpha value is -1.56. The second kappa shape index (κ2) is 6.74. The Bertz CT molecular complexity index is 570. The molecule has 0 saturated heterocycles. The standard InChI is InChI=1S/C14H19BrN4O/c1-4-6-16-13-12(15)14(18-9-17-13)19(3)8-11-5-7-20-10(11)2/h5,7,9H,4,6,8H2,1-3H3,(H,16,17,18). The zero-order valence-corrected chi connectivity index (χ0v) is 13.6. The first-order chi connectivity index (χ1) is 9.63. The molecule has 0 saturated carbocycles. The van der Waals surface area contributed by atoms with E-state index in [0.717, 1.165) is 46.9 Å². The van der Waals surface area contributed by atoms with E-state index in [4.69, 9.17) is 4.42 Å². The van der Waals surface area contributed by atoms with E-state index < -0.39 is 0 Å². The van der Waals surface area contributed by atoms with E-state index in [0.29, 0.717) is 0 Å². The summed E-state index contributed by atoms with van der Waals surface area (Å²) in [6, 6.07) is 1.98. The van der Waals surface area contributed by atoms with Gasteiger partial charge >= 0.3 is 0 Å². The highest BCUT2D eigenvalue weighted by Crippen LogP contribution is 2.29. The van der Waals surface area contributed by atoms with Crippen LogP contribution in [0.5, 0.6) is 0 Å². The number of rotatable bonds is 6. The predicted molar refractivity (Wildman–Crippen MR) is 84.1 cm³/mol. The molecule has 2 aromatic heterocycles. The fraction of sp³-hybridized carbons (Fsp3) is 0.429. The van der Waals surface area contributed by atoms with E-state index >= 15 is 0 Å². The lowest BCUT2D eigenvalue weighted by molar-refractivity contribution is 0.529. The van der Waals surface area contributed by atoms with E-state index in [1.165, 1.54) is 0 Å². The minimum Gasteiger partial charge on any atom is -0.469 e.